The highest BCUT2D eigenvalue weighted by Crippen LogP contribution is 2.61. The molecule has 5 aliphatic rings. The number of nitrogens with zero attached hydrogens (tertiary/aromatic N) is 1. The van der Waals surface area contributed by atoms with Gasteiger partial charge in [0.25, 0.3) is 0 Å². The highest BCUT2D eigenvalue weighted by Gasteiger charge is 2.51. The predicted octanol–water partition coefficient (Wildman–Crippen LogP) is 6.53. The van der Waals surface area contributed by atoms with Gasteiger partial charge in [-0.15, -0.1) is 0 Å². The summed E-state index contributed by atoms with van der Waals surface area (Å²) in [6.45, 7) is 3.05. The van der Waals surface area contributed by atoms with E-state index in [-0.39, 0.29) is 11.3 Å². The average Bonchev–Trinajstić information content (AvgIpc) is 2.85. The molecule has 0 saturated heterocycles. The van der Waals surface area contributed by atoms with Crippen LogP contribution in [0, 0.1) is 29.1 Å². The van der Waals surface area contributed by atoms with Gasteiger partial charge < -0.3 is 16.0 Å². The molecule has 192 valence electrons. The summed E-state index contributed by atoms with van der Waals surface area (Å²) in [6, 6.07) is 10.2. The Morgan fingerprint density at radius 1 is 0.972 bits per heavy atom. The number of allylic oxidation sites excluding steroid dienone is 2. The first-order valence-corrected chi connectivity index (χ1v) is 14.4. The maximum Gasteiger partial charge on any atom is 0.224 e. The third-order valence-corrected chi connectivity index (χ3v) is 9.35. The third-order valence-electron chi connectivity index (χ3n) is 9.35. The van der Waals surface area contributed by atoms with Crippen molar-refractivity contribution in [1.29, 1.82) is 0 Å². The lowest BCUT2D eigenvalue weighted by molar-refractivity contribution is -0.124. The van der Waals surface area contributed by atoms with E-state index in [1.165, 1.54) is 57.8 Å². The number of amides is 1. The molecule has 3 N–H and O–H groups in total. The maximum absolute atomic E-state index is 13.2. The van der Waals surface area contributed by atoms with Crippen molar-refractivity contribution in [2.75, 3.05) is 30.3 Å². The molecule has 1 aromatic carbocycles. The molecule has 4 saturated carbocycles. The van der Waals surface area contributed by atoms with E-state index in [1.807, 2.05) is 24.3 Å². The summed E-state index contributed by atoms with van der Waals surface area (Å²) in [5.41, 5.74) is 2.08. The minimum absolute atomic E-state index is 0.184. The first kappa shape index (κ1) is 24.0. The van der Waals surface area contributed by atoms with Gasteiger partial charge in [-0.1, -0.05) is 18.2 Å². The Kier molecular flexibility index (Phi) is 7.01. The second-order valence-electron chi connectivity index (χ2n) is 12.3. The van der Waals surface area contributed by atoms with Crippen molar-refractivity contribution < 1.29 is 4.79 Å². The lowest BCUT2D eigenvalue weighted by atomic mass is 9.49. The van der Waals surface area contributed by atoms with Crippen molar-refractivity contribution in [3.05, 3.63) is 42.5 Å². The zero-order chi connectivity index (χ0) is 24.4. The maximum atomic E-state index is 13.2. The van der Waals surface area contributed by atoms with Crippen LogP contribution in [-0.2, 0) is 4.79 Å². The van der Waals surface area contributed by atoms with Gasteiger partial charge >= 0.3 is 0 Å². The minimum Gasteiger partial charge on any atom is -0.370 e. The molecule has 5 nitrogen and oxygen atoms in total. The SMILES string of the molecule is O=C(CC12CC3CC(CC(C3)C1)C2)Nc1cccc2nc(NCCCNCC3CC=CCC3)ccc12. The second-order valence-corrected chi connectivity index (χ2v) is 12.3. The van der Waals surface area contributed by atoms with Gasteiger partial charge in [-0.05, 0) is 131 Å². The van der Waals surface area contributed by atoms with Crippen LogP contribution in [0.4, 0.5) is 11.5 Å². The standard InChI is InChI=1S/C31H42N4O/c36-30(20-31-17-23-14-24(18-31)16-25(15-23)19-31)35-28-9-4-8-27-26(28)10-11-29(34-27)33-13-5-12-32-21-22-6-2-1-3-7-22/h1-2,4,8-11,22-25,32H,3,5-7,12-21H2,(H,33,34)(H,35,36). The number of anilines is 2. The van der Waals surface area contributed by atoms with Crippen molar-refractivity contribution in [3.8, 4) is 0 Å². The highest BCUT2D eigenvalue weighted by atomic mass is 16.1. The van der Waals surface area contributed by atoms with Crippen LogP contribution in [0.3, 0.4) is 0 Å². The van der Waals surface area contributed by atoms with Crippen LogP contribution in [0.25, 0.3) is 10.9 Å². The fourth-order valence-corrected chi connectivity index (χ4v) is 8.18. The van der Waals surface area contributed by atoms with Crippen LogP contribution in [0.1, 0.15) is 70.6 Å². The lowest BCUT2D eigenvalue weighted by Crippen LogP contribution is -2.47. The van der Waals surface area contributed by atoms with Gasteiger partial charge in [0.1, 0.15) is 5.82 Å². The quantitative estimate of drug-likeness (QED) is 0.264. The first-order valence-electron chi connectivity index (χ1n) is 14.4. The van der Waals surface area contributed by atoms with Crippen molar-refractivity contribution in [2.24, 2.45) is 29.1 Å². The van der Waals surface area contributed by atoms with E-state index in [4.69, 9.17) is 4.98 Å². The smallest absolute Gasteiger partial charge is 0.224 e. The Balaban J connectivity index is 1.00. The van der Waals surface area contributed by atoms with E-state index >= 15 is 0 Å². The van der Waals surface area contributed by atoms with Crippen LogP contribution in [-0.4, -0.2) is 30.5 Å². The van der Waals surface area contributed by atoms with Gasteiger partial charge in [0.2, 0.25) is 5.91 Å². The lowest BCUT2D eigenvalue weighted by Gasteiger charge is -2.56. The number of aromatic nitrogens is 1. The molecule has 36 heavy (non-hydrogen) atoms. The number of hydrogen-bond acceptors (Lipinski definition) is 4. The van der Waals surface area contributed by atoms with Crippen LogP contribution >= 0.6 is 0 Å². The molecule has 2 aromatic rings. The van der Waals surface area contributed by atoms with Crippen molar-refractivity contribution in [2.45, 2.75) is 70.6 Å². The molecular weight excluding hydrogens is 444 g/mol. The molecule has 1 aromatic heterocycles. The van der Waals surface area contributed by atoms with Crippen molar-refractivity contribution in [3.63, 3.8) is 0 Å². The number of fused-ring (bicyclic) bond motifs is 1. The molecule has 1 unspecified atom stereocenters. The number of benzene rings is 1. The molecule has 0 aliphatic heterocycles. The molecule has 5 aliphatic carbocycles. The summed E-state index contributed by atoms with van der Waals surface area (Å²) < 4.78 is 0. The average molecular weight is 487 g/mol. The molecule has 5 heteroatoms. The Bertz CT molecular complexity index is 1070. The van der Waals surface area contributed by atoms with Crippen molar-refractivity contribution in [1.82, 2.24) is 10.3 Å². The Morgan fingerprint density at radius 3 is 2.53 bits per heavy atom. The van der Waals surface area contributed by atoms with E-state index < -0.39 is 0 Å². The summed E-state index contributed by atoms with van der Waals surface area (Å²) in [7, 11) is 0. The Morgan fingerprint density at radius 2 is 1.78 bits per heavy atom. The largest absolute Gasteiger partial charge is 0.370 e. The normalized spacial score (nSPS) is 30.6. The molecule has 0 radical (unpaired) electrons. The minimum atomic E-state index is 0.184. The Hall–Kier alpha value is -2.40. The number of hydrogen-bond donors (Lipinski definition) is 3. The molecule has 7 rings (SSSR count). The number of pyridine rings is 1. The van der Waals surface area contributed by atoms with Gasteiger partial charge in [-0.25, -0.2) is 4.98 Å². The van der Waals surface area contributed by atoms with Crippen LogP contribution < -0.4 is 16.0 Å². The zero-order valence-electron chi connectivity index (χ0n) is 21.6. The van der Waals surface area contributed by atoms with Crippen molar-refractivity contribution >= 4 is 28.3 Å². The molecule has 0 spiro atoms. The second kappa shape index (κ2) is 10.5. The molecule has 4 fully saturated rings. The van der Waals surface area contributed by atoms with Gasteiger partial charge in [0.15, 0.2) is 0 Å². The van der Waals surface area contributed by atoms with E-state index in [0.29, 0.717) is 6.42 Å². The van der Waals surface area contributed by atoms with Gasteiger partial charge in [-0.3, -0.25) is 4.79 Å². The van der Waals surface area contributed by atoms with Gasteiger partial charge in [0, 0.05) is 18.4 Å². The number of nitrogens with one attached hydrogen (secondary N) is 3. The van der Waals surface area contributed by atoms with E-state index in [1.54, 1.807) is 0 Å². The molecular formula is C31H42N4O. The molecule has 1 amide bonds. The third kappa shape index (κ3) is 5.46. The molecule has 1 heterocycles. The number of carbonyl (C=O) groups is 1. The van der Waals surface area contributed by atoms with E-state index in [9.17, 15) is 4.79 Å². The molecule has 1 atom stereocenters. The number of carbonyl (C=O) groups excluding carboxylic acids is 1. The first-order chi connectivity index (χ1) is 17.6. The zero-order valence-corrected chi connectivity index (χ0v) is 21.6. The fraction of sp³-hybridized carbons (Fsp3) is 0.613. The molecule has 4 bridgehead atoms. The van der Waals surface area contributed by atoms with E-state index in [0.717, 1.165) is 72.1 Å². The Labute approximate surface area is 215 Å². The number of rotatable bonds is 10. The van der Waals surface area contributed by atoms with Gasteiger partial charge in [-0.2, -0.15) is 0 Å². The van der Waals surface area contributed by atoms with Crippen LogP contribution in [0.15, 0.2) is 42.5 Å². The van der Waals surface area contributed by atoms with E-state index in [2.05, 4.69) is 34.2 Å². The van der Waals surface area contributed by atoms with Crippen LogP contribution in [0.2, 0.25) is 0 Å². The highest BCUT2D eigenvalue weighted by molar-refractivity contribution is 6.01. The van der Waals surface area contributed by atoms with Gasteiger partial charge in [0.05, 0.1) is 11.2 Å². The predicted molar refractivity (Wildman–Crippen MR) is 148 cm³/mol. The summed E-state index contributed by atoms with van der Waals surface area (Å²) in [4.78, 5) is 18.0. The topological polar surface area (TPSA) is 66.0 Å². The summed E-state index contributed by atoms with van der Waals surface area (Å²) >= 11 is 0. The monoisotopic (exact) mass is 486 g/mol. The summed E-state index contributed by atoms with van der Waals surface area (Å²) in [5, 5.41) is 11.4. The summed E-state index contributed by atoms with van der Waals surface area (Å²) in [5.74, 6) is 4.51. The van der Waals surface area contributed by atoms with Crippen LogP contribution in [0.5, 0.6) is 0 Å². The fourth-order valence-electron chi connectivity index (χ4n) is 8.18. The summed E-state index contributed by atoms with van der Waals surface area (Å²) in [6.07, 6.45) is 18.2.